The van der Waals surface area contributed by atoms with Gasteiger partial charge in [0.2, 0.25) is 5.91 Å². The second kappa shape index (κ2) is 7.49. The predicted molar refractivity (Wildman–Crippen MR) is 93.9 cm³/mol. The number of nitrogens with zero attached hydrogens (tertiary/aromatic N) is 1. The topological polar surface area (TPSA) is 87.6 Å². The quantitative estimate of drug-likeness (QED) is 0.806. The number of halogens is 3. The Balaban J connectivity index is 1.67. The van der Waals surface area contributed by atoms with Gasteiger partial charge in [0.1, 0.15) is 10.7 Å². The van der Waals surface area contributed by atoms with Gasteiger partial charge in [-0.05, 0) is 31.0 Å². The lowest BCUT2D eigenvalue weighted by atomic mass is 9.95. The lowest BCUT2D eigenvalue weighted by Crippen LogP contribution is -2.36. The first-order valence-electron chi connectivity index (χ1n) is 8.77. The summed E-state index contributed by atoms with van der Waals surface area (Å²) in [7, 11) is -4.10. The van der Waals surface area contributed by atoms with Crippen LogP contribution in [0.2, 0.25) is 0 Å². The molecule has 148 valence electrons. The highest BCUT2D eigenvalue weighted by atomic mass is 32.2. The Morgan fingerprint density at radius 1 is 1.22 bits per heavy atom. The molecule has 0 radical (unpaired) electrons. The normalized spacial score (nSPS) is 19.6. The fraction of sp³-hybridized carbons (Fsp3) is 0.529. The Morgan fingerprint density at radius 2 is 1.93 bits per heavy atom. The van der Waals surface area contributed by atoms with Crippen molar-refractivity contribution in [3.05, 3.63) is 23.8 Å². The number of nitrogens with one attached hydrogen (secondary N) is 2. The van der Waals surface area contributed by atoms with Crippen molar-refractivity contribution in [3.8, 4) is 0 Å². The summed E-state index contributed by atoms with van der Waals surface area (Å²) in [4.78, 5) is 11.7. The van der Waals surface area contributed by atoms with Crippen molar-refractivity contribution >= 4 is 27.5 Å². The van der Waals surface area contributed by atoms with E-state index in [0.717, 1.165) is 44.2 Å². The van der Waals surface area contributed by atoms with Gasteiger partial charge in [-0.3, -0.25) is 4.79 Å². The summed E-state index contributed by atoms with van der Waals surface area (Å²) >= 11 is 0. The third-order valence-corrected chi connectivity index (χ3v) is 6.03. The summed E-state index contributed by atoms with van der Waals surface area (Å²) in [5, 5.41) is 5.52. The molecule has 2 aliphatic rings. The Bertz CT molecular complexity index is 860. The number of alkyl halides is 3. The fourth-order valence-electron chi connectivity index (χ4n) is 3.29. The molecule has 1 fully saturated rings. The SMILES string of the molecule is O=C(CCC1=NS(=O)(=O)c2ccc(C(F)(F)F)cc2N1)NC1CCCCC1. The molecule has 1 aromatic rings. The van der Waals surface area contributed by atoms with Crippen LogP contribution in [0, 0.1) is 0 Å². The monoisotopic (exact) mass is 403 g/mol. The van der Waals surface area contributed by atoms with Crippen LogP contribution < -0.4 is 10.6 Å². The molecule has 1 aromatic carbocycles. The number of carbonyl (C=O) groups excluding carboxylic acids is 1. The Morgan fingerprint density at radius 3 is 2.59 bits per heavy atom. The molecule has 0 spiro atoms. The second-order valence-electron chi connectivity index (χ2n) is 6.75. The minimum absolute atomic E-state index is 0.00610. The average Bonchev–Trinajstić information content (AvgIpc) is 2.59. The summed E-state index contributed by atoms with van der Waals surface area (Å²) < 4.78 is 66.6. The standard InChI is InChI=1S/C17H20F3N3O3S/c18-17(19,20)11-6-7-14-13(10-11)22-15(23-27(14,25)26)8-9-16(24)21-12-4-2-1-3-5-12/h6-7,10,12H,1-5,8-9H2,(H,21,24)(H,22,23). The first-order chi connectivity index (χ1) is 12.6. The molecule has 1 aliphatic carbocycles. The van der Waals surface area contributed by atoms with Crippen molar-refractivity contribution in [2.24, 2.45) is 4.40 Å². The van der Waals surface area contributed by atoms with Crippen molar-refractivity contribution in [2.45, 2.75) is 62.1 Å². The van der Waals surface area contributed by atoms with E-state index >= 15 is 0 Å². The number of amides is 1. The van der Waals surface area contributed by atoms with Crippen LogP contribution in [-0.4, -0.2) is 26.2 Å². The molecule has 27 heavy (non-hydrogen) atoms. The van der Waals surface area contributed by atoms with Crippen LogP contribution in [0.4, 0.5) is 18.9 Å². The fourth-order valence-corrected chi connectivity index (χ4v) is 4.44. The zero-order chi connectivity index (χ0) is 19.7. The van der Waals surface area contributed by atoms with Crippen molar-refractivity contribution in [1.29, 1.82) is 0 Å². The number of amidine groups is 1. The number of carbonyl (C=O) groups is 1. The van der Waals surface area contributed by atoms with Crippen molar-refractivity contribution in [2.75, 3.05) is 5.32 Å². The van der Waals surface area contributed by atoms with Crippen molar-refractivity contribution in [1.82, 2.24) is 5.32 Å². The molecule has 0 unspecified atom stereocenters. The molecule has 0 saturated heterocycles. The van der Waals surface area contributed by atoms with E-state index in [1.54, 1.807) is 0 Å². The van der Waals surface area contributed by atoms with Gasteiger partial charge in [0.05, 0.1) is 11.3 Å². The molecule has 10 heteroatoms. The third-order valence-electron chi connectivity index (χ3n) is 4.65. The minimum atomic E-state index is -4.59. The van der Waals surface area contributed by atoms with E-state index in [0.29, 0.717) is 6.07 Å². The smallest absolute Gasteiger partial charge is 0.353 e. The van der Waals surface area contributed by atoms with Crippen LogP contribution in [0.25, 0.3) is 0 Å². The summed E-state index contributed by atoms with van der Waals surface area (Å²) in [6.07, 6.45) is 0.546. The zero-order valence-electron chi connectivity index (χ0n) is 14.5. The molecule has 1 aliphatic heterocycles. The maximum atomic E-state index is 12.9. The highest BCUT2D eigenvalue weighted by Gasteiger charge is 2.33. The Hall–Kier alpha value is -2.10. The van der Waals surface area contributed by atoms with Crippen molar-refractivity contribution in [3.63, 3.8) is 0 Å². The molecule has 0 atom stereocenters. The van der Waals surface area contributed by atoms with Crippen molar-refractivity contribution < 1.29 is 26.4 Å². The summed E-state index contributed by atoms with van der Waals surface area (Å²) in [6, 6.07) is 2.46. The van der Waals surface area contributed by atoms with Gasteiger partial charge in [-0.2, -0.15) is 21.6 Å². The van der Waals surface area contributed by atoms with Gasteiger partial charge >= 0.3 is 6.18 Å². The third kappa shape index (κ3) is 4.79. The van der Waals surface area contributed by atoms with E-state index in [2.05, 4.69) is 15.0 Å². The average molecular weight is 403 g/mol. The number of sulfonamides is 1. The maximum Gasteiger partial charge on any atom is 0.416 e. The molecule has 0 aromatic heterocycles. The highest BCUT2D eigenvalue weighted by Crippen LogP contribution is 2.35. The van der Waals surface area contributed by atoms with E-state index in [1.165, 1.54) is 0 Å². The zero-order valence-corrected chi connectivity index (χ0v) is 15.3. The second-order valence-corrected chi connectivity index (χ2v) is 8.32. The number of benzene rings is 1. The van der Waals surface area contributed by atoms with Gasteiger partial charge in [0.25, 0.3) is 10.0 Å². The molecular weight excluding hydrogens is 383 g/mol. The molecular formula is C17H20F3N3O3S. The molecule has 2 N–H and O–H groups in total. The number of fused-ring (bicyclic) bond motifs is 1. The van der Waals surface area contributed by atoms with E-state index < -0.39 is 21.8 Å². The maximum absolute atomic E-state index is 12.9. The molecule has 1 amide bonds. The summed E-state index contributed by atoms with van der Waals surface area (Å²) in [5.41, 5.74) is -1.14. The minimum Gasteiger partial charge on any atom is -0.353 e. The van der Waals surface area contributed by atoms with Gasteiger partial charge in [-0.1, -0.05) is 19.3 Å². The molecule has 3 rings (SSSR count). The highest BCUT2D eigenvalue weighted by molar-refractivity contribution is 7.90. The number of hydrogen-bond donors (Lipinski definition) is 2. The van der Waals surface area contributed by atoms with Gasteiger partial charge in [0.15, 0.2) is 0 Å². The van der Waals surface area contributed by atoms with Crippen LogP contribution in [-0.2, 0) is 21.0 Å². The van der Waals surface area contributed by atoms with E-state index in [1.807, 2.05) is 0 Å². The first kappa shape index (κ1) is 19.7. The van der Waals surface area contributed by atoms with Gasteiger partial charge in [-0.15, -0.1) is 4.40 Å². The van der Waals surface area contributed by atoms with Crippen LogP contribution in [0.1, 0.15) is 50.5 Å². The predicted octanol–water partition coefficient (Wildman–Crippen LogP) is 3.45. The van der Waals surface area contributed by atoms with E-state index in [4.69, 9.17) is 0 Å². The number of rotatable bonds is 4. The molecule has 0 bridgehead atoms. The lowest BCUT2D eigenvalue weighted by molar-refractivity contribution is -0.137. The van der Waals surface area contributed by atoms with Crippen LogP contribution >= 0.6 is 0 Å². The number of hydrogen-bond acceptors (Lipinski definition) is 4. The van der Waals surface area contributed by atoms with Crippen LogP contribution in [0.3, 0.4) is 0 Å². The Kier molecular flexibility index (Phi) is 5.45. The van der Waals surface area contributed by atoms with Crippen LogP contribution in [0.5, 0.6) is 0 Å². The molecule has 1 heterocycles. The largest absolute Gasteiger partial charge is 0.416 e. The molecule has 6 nitrogen and oxygen atoms in total. The number of anilines is 1. The van der Waals surface area contributed by atoms with Gasteiger partial charge < -0.3 is 10.6 Å². The summed E-state index contributed by atoms with van der Waals surface area (Å²) in [6.45, 7) is 0. The summed E-state index contributed by atoms with van der Waals surface area (Å²) in [5.74, 6) is -0.265. The lowest BCUT2D eigenvalue weighted by Gasteiger charge is -2.23. The Labute approximate surface area is 155 Å². The van der Waals surface area contributed by atoms with Gasteiger partial charge in [0, 0.05) is 18.9 Å². The molecule has 1 saturated carbocycles. The van der Waals surface area contributed by atoms with Crippen LogP contribution in [0.15, 0.2) is 27.5 Å². The van der Waals surface area contributed by atoms with E-state index in [9.17, 15) is 26.4 Å². The first-order valence-corrected chi connectivity index (χ1v) is 10.2. The van der Waals surface area contributed by atoms with E-state index in [-0.39, 0.29) is 41.2 Å². The van der Waals surface area contributed by atoms with Gasteiger partial charge in [-0.25, -0.2) is 0 Å².